The molecule has 80 valence electrons. The Hall–Kier alpha value is -0.860. The van der Waals surface area contributed by atoms with Gasteiger partial charge in [-0.25, -0.2) is 0 Å². The average molecular weight is 196 g/mol. The lowest BCUT2D eigenvalue weighted by Gasteiger charge is -2.36. The quantitative estimate of drug-likeness (QED) is 0.641. The van der Waals surface area contributed by atoms with E-state index in [1.54, 1.807) is 0 Å². The van der Waals surface area contributed by atoms with Gasteiger partial charge in [-0.2, -0.15) is 0 Å². The Kier molecular flexibility index (Phi) is 3.67. The predicted molar refractivity (Wildman–Crippen MR) is 58.6 cm³/mol. The Labute approximate surface area is 86.2 Å². The summed E-state index contributed by atoms with van der Waals surface area (Å²) in [5, 5.41) is 0. The van der Waals surface area contributed by atoms with Crippen LogP contribution >= 0.6 is 0 Å². The first kappa shape index (κ1) is 11.2. The van der Waals surface area contributed by atoms with Gasteiger partial charge in [0, 0.05) is 25.0 Å². The van der Waals surface area contributed by atoms with Crippen molar-refractivity contribution in [3.05, 3.63) is 0 Å². The molecule has 3 heteroatoms. The normalized spacial score (nSPS) is 20.5. The molecule has 0 aromatic heterocycles. The average Bonchev–Trinajstić information content (AvgIpc) is 2.14. The molecule has 0 amide bonds. The van der Waals surface area contributed by atoms with Crippen molar-refractivity contribution < 1.29 is 4.79 Å². The second-order valence-corrected chi connectivity index (χ2v) is 4.73. The summed E-state index contributed by atoms with van der Waals surface area (Å²) in [7, 11) is 0. The van der Waals surface area contributed by atoms with Crippen LogP contribution in [0.5, 0.6) is 0 Å². The molecule has 3 nitrogen and oxygen atoms in total. The van der Waals surface area contributed by atoms with Crippen LogP contribution in [0.2, 0.25) is 0 Å². The SMILES string of the molecule is CCCCN1CC(C)(C)CN=C1C=O. The molecular weight excluding hydrogens is 176 g/mol. The Bertz CT molecular complexity index is 233. The van der Waals surface area contributed by atoms with E-state index < -0.39 is 0 Å². The van der Waals surface area contributed by atoms with Crippen LogP contribution in [-0.2, 0) is 4.79 Å². The van der Waals surface area contributed by atoms with E-state index in [2.05, 4.69) is 30.7 Å². The van der Waals surface area contributed by atoms with Gasteiger partial charge < -0.3 is 4.90 Å². The van der Waals surface area contributed by atoms with Crippen molar-refractivity contribution in [2.75, 3.05) is 19.6 Å². The molecule has 0 N–H and O–H groups in total. The molecule has 1 aliphatic rings. The molecule has 0 aliphatic carbocycles. The highest BCUT2D eigenvalue weighted by Gasteiger charge is 2.27. The smallest absolute Gasteiger partial charge is 0.184 e. The zero-order valence-electron chi connectivity index (χ0n) is 9.42. The summed E-state index contributed by atoms with van der Waals surface area (Å²) in [6.07, 6.45) is 3.16. The fourth-order valence-corrected chi connectivity index (χ4v) is 1.70. The topological polar surface area (TPSA) is 32.7 Å². The molecule has 0 spiro atoms. The number of unbranched alkanes of at least 4 members (excludes halogenated alkanes) is 1. The number of amidine groups is 1. The Morgan fingerprint density at radius 2 is 2.29 bits per heavy atom. The summed E-state index contributed by atoms with van der Waals surface area (Å²) in [5.74, 6) is 0.637. The zero-order valence-corrected chi connectivity index (χ0v) is 9.42. The zero-order chi connectivity index (χ0) is 10.6. The molecule has 0 saturated carbocycles. The van der Waals surface area contributed by atoms with Gasteiger partial charge in [0.1, 0.15) is 0 Å². The van der Waals surface area contributed by atoms with E-state index in [1.165, 1.54) is 0 Å². The summed E-state index contributed by atoms with van der Waals surface area (Å²) in [4.78, 5) is 17.2. The van der Waals surface area contributed by atoms with E-state index in [1.807, 2.05) is 0 Å². The van der Waals surface area contributed by atoms with Crippen LogP contribution in [0.15, 0.2) is 4.99 Å². The van der Waals surface area contributed by atoms with Crippen LogP contribution < -0.4 is 0 Å². The van der Waals surface area contributed by atoms with Gasteiger partial charge in [-0.3, -0.25) is 9.79 Å². The lowest BCUT2D eigenvalue weighted by molar-refractivity contribution is -0.103. The molecule has 0 aromatic rings. The Balaban J connectivity index is 2.64. The van der Waals surface area contributed by atoms with Gasteiger partial charge in [-0.1, -0.05) is 27.2 Å². The van der Waals surface area contributed by atoms with Crippen LogP contribution in [0.1, 0.15) is 33.6 Å². The van der Waals surface area contributed by atoms with E-state index in [0.29, 0.717) is 5.84 Å². The fraction of sp³-hybridized carbons (Fsp3) is 0.818. The standard InChI is InChI=1S/C11H20N2O/c1-4-5-6-13-9-11(2,3)8-12-10(13)7-14/h7H,4-6,8-9H2,1-3H3. The number of aldehydes is 1. The first-order chi connectivity index (χ1) is 6.59. The molecule has 1 rings (SSSR count). The molecular formula is C11H20N2O. The number of hydrogen-bond donors (Lipinski definition) is 0. The van der Waals surface area contributed by atoms with Crippen molar-refractivity contribution in [3.63, 3.8) is 0 Å². The molecule has 1 heterocycles. The molecule has 0 fully saturated rings. The Morgan fingerprint density at radius 1 is 1.57 bits per heavy atom. The minimum atomic E-state index is 0.209. The Morgan fingerprint density at radius 3 is 2.86 bits per heavy atom. The van der Waals surface area contributed by atoms with Crippen LogP contribution in [0, 0.1) is 5.41 Å². The largest absolute Gasteiger partial charge is 0.354 e. The van der Waals surface area contributed by atoms with Gasteiger partial charge in [-0.15, -0.1) is 0 Å². The summed E-state index contributed by atoms with van der Waals surface area (Å²) >= 11 is 0. The van der Waals surface area contributed by atoms with Gasteiger partial charge in [0.2, 0.25) is 0 Å². The van der Waals surface area contributed by atoms with Crippen molar-refractivity contribution in [2.24, 2.45) is 10.4 Å². The van der Waals surface area contributed by atoms with Crippen molar-refractivity contribution in [1.29, 1.82) is 0 Å². The second-order valence-electron chi connectivity index (χ2n) is 4.73. The number of carbonyl (C=O) groups excluding carboxylic acids is 1. The third kappa shape index (κ3) is 2.82. The first-order valence-electron chi connectivity index (χ1n) is 5.33. The minimum Gasteiger partial charge on any atom is -0.354 e. The van der Waals surface area contributed by atoms with E-state index in [-0.39, 0.29) is 5.41 Å². The van der Waals surface area contributed by atoms with Crippen LogP contribution in [0.4, 0.5) is 0 Å². The maximum atomic E-state index is 10.8. The molecule has 0 saturated heterocycles. The van der Waals surface area contributed by atoms with Crippen LogP contribution in [-0.4, -0.2) is 36.7 Å². The number of aliphatic imine (C=N–C) groups is 1. The number of rotatable bonds is 4. The van der Waals surface area contributed by atoms with E-state index in [4.69, 9.17) is 0 Å². The van der Waals surface area contributed by atoms with E-state index in [0.717, 1.165) is 38.8 Å². The monoisotopic (exact) mass is 196 g/mol. The third-order valence-corrected chi connectivity index (χ3v) is 2.50. The summed E-state index contributed by atoms with van der Waals surface area (Å²) in [5.41, 5.74) is 0.209. The number of nitrogens with zero attached hydrogens (tertiary/aromatic N) is 2. The third-order valence-electron chi connectivity index (χ3n) is 2.50. The first-order valence-corrected chi connectivity index (χ1v) is 5.33. The highest BCUT2D eigenvalue weighted by atomic mass is 16.1. The minimum absolute atomic E-state index is 0.209. The lowest BCUT2D eigenvalue weighted by atomic mass is 9.91. The van der Waals surface area contributed by atoms with Crippen LogP contribution in [0.25, 0.3) is 0 Å². The van der Waals surface area contributed by atoms with E-state index in [9.17, 15) is 4.79 Å². The summed E-state index contributed by atoms with van der Waals surface area (Å²) in [6, 6.07) is 0. The number of carbonyl (C=O) groups is 1. The molecule has 0 atom stereocenters. The molecule has 1 aliphatic heterocycles. The highest BCUT2D eigenvalue weighted by Crippen LogP contribution is 2.21. The van der Waals surface area contributed by atoms with E-state index >= 15 is 0 Å². The van der Waals surface area contributed by atoms with Crippen molar-refractivity contribution in [1.82, 2.24) is 4.90 Å². The second kappa shape index (κ2) is 4.58. The fourth-order valence-electron chi connectivity index (χ4n) is 1.70. The maximum Gasteiger partial charge on any atom is 0.184 e. The highest BCUT2D eigenvalue weighted by molar-refractivity contribution is 6.27. The van der Waals surface area contributed by atoms with Gasteiger partial charge >= 0.3 is 0 Å². The molecule has 0 unspecified atom stereocenters. The lowest BCUT2D eigenvalue weighted by Crippen LogP contribution is -2.45. The molecule has 0 bridgehead atoms. The predicted octanol–water partition coefficient (Wildman–Crippen LogP) is 1.73. The van der Waals surface area contributed by atoms with Crippen molar-refractivity contribution >= 4 is 12.1 Å². The van der Waals surface area contributed by atoms with Gasteiger partial charge in [0.05, 0.1) is 0 Å². The number of hydrogen-bond acceptors (Lipinski definition) is 3. The summed E-state index contributed by atoms with van der Waals surface area (Å²) < 4.78 is 0. The van der Waals surface area contributed by atoms with Crippen LogP contribution in [0.3, 0.4) is 0 Å². The van der Waals surface area contributed by atoms with Gasteiger partial charge in [0.25, 0.3) is 0 Å². The molecule has 0 aromatic carbocycles. The molecule has 14 heavy (non-hydrogen) atoms. The molecule has 0 radical (unpaired) electrons. The van der Waals surface area contributed by atoms with Gasteiger partial charge in [0.15, 0.2) is 12.1 Å². The summed E-state index contributed by atoms with van der Waals surface area (Å²) in [6.45, 7) is 9.21. The van der Waals surface area contributed by atoms with Gasteiger partial charge in [-0.05, 0) is 6.42 Å². The maximum absolute atomic E-state index is 10.8. The van der Waals surface area contributed by atoms with Crippen molar-refractivity contribution in [3.8, 4) is 0 Å². The van der Waals surface area contributed by atoms with Crippen molar-refractivity contribution in [2.45, 2.75) is 33.6 Å².